The minimum Gasteiger partial charge on any atom is -0.339 e. The van der Waals surface area contributed by atoms with Gasteiger partial charge in [0.05, 0.1) is 6.04 Å². The summed E-state index contributed by atoms with van der Waals surface area (Å²) in [5, 5.41) is 2.14. The van der Waals surface area contributed by atoms with Crippen molar-refractivity contribution in [1.82, 2.24) is 14.7 Å². The first kappa shape index (κ1) is 15.5. The molecule has 2 amide bonds. The lowest BCUT2D eigenvalue weighted by Gasteiger charge is -2.38. The molecule has 1 aromatic rings. The molecule has 0 aliphatic carbocycles. The van der Waals surface area contributed by atoms with Crippen LogP contribution in [0.15, 0.2) is 11.4 Å². The van der Waals surface area contributed by atoms with Gasteiger partial charge in [-0.3, -0.25) is 14.5 Å². The summed E-state index contributed by atoms with van der Waals surface area (Å²) in [4.78, 5) is 31.5. The molecule has 1 atom stereocenters. The van der Waals surface area contributed by atoms with E-state index in [4.69, 9.17) is 0 Å². The molecule has 22 heavy (non-hydrogen) atoms. The Labute approximate surface area is 135 Å². The van der Waals surface area contributed by atoms with Gasteiger partial charge in [0.25, 0.3) is 0 Å². The van der Waals surface area contributed by atoms with E-state index >= 15 is 0 Å². The molecule has 0 aromatic carbocycles. The summed E-state index contributed by atoms with van der Waals surface area (Å²) in [5.41, 5.74) is 1.37. The van der Waals surface area contributed by atoms with Crippen LogP contribution in [0.2, 0.25) is 0 Å². The number of hydrogen-bond acceptors (Lipinski definition) is 4. The number of piperazine rings is 1. The number of thiophene rings is 1. The minimum atomic E-state index is -0.0862. The van der Waals surface area contributed by atoms with E-state index in [9.17, 15) is 9.59 Å². The largest absolute Gasteiger partial charge is 0.339 e. The molecule has 1 fully saturated rings. The fourth-order valence-corrected chi connectivity index (χ4v) is 4.15. The van der Waals surface area contributed by atoms with Gasteiger partial charge >= 0.3 is 0 Å². The van der Waals surface area contributed by atoms with E-state index < -0.39 is 0 Å². The first-order valence-electron chi connectivity index (χ1n) is 7.90. The summed E-state index contributed by atoms with van der Waals surface area (Å²) < 4.78 is 0. The molecule has 1 unspecified atom stereocenters. The molecule has 0 radical (unpaired) electrons. The van der Waals surface area contributed by atoms with E-state index in [1.807, 2.05) is 28.1 Å². The van der Waals surface area contributed by atoms with Crippen molar-refractivity contribution in [3.05, 3.63) is 21.9 Å². The number of carbonyl (C=O) groups excluding carboxylic acids is 2. The van der Waals surface area contributed by atoms with Gasteiger partial charge in [-0.25, -0.2) is 0 Å². The lowest BCUT2D eigenvalue weighted by molar-refractivity contribution is -0.142. The van der Waals surface area contributed by atoms with Crippen LogP contribution in [0, 0.1) is 0 Å². The number of fused-ring (bicyclic) bond motifs is 1. The van der Waals surface area contributed by atoms with Crippen molar-refractivity contribution in [2.75, 3.05) is 32.7 Å². The van der Waals surface area contributed by atoms with Gasteiger partial charge in [-0.2, -0.15) is 0 Å². The first-order chi connectivity index (χ1) is 10.6. The van der Waals surface area contributed by atoms with Crippen LogP contribution in [0.1, 0.15) is 24.3 Å². The first-order valence-corrected chi connectivity index (χ1v) is 8.78. The van der Waals surface area contributed by atoms with Crippen LogP contribution in [-0.2, 0) is 22.6 Å². The summed E-state index contributed by atoms with van der Waals surface area (Å²) in [6, 6.07) is 2.09. The Morgan fingerprint density at radius 2 is 1.82 bits per heavy atom. The number of carbonyl (C=O) groups is 2. The summed E-state index contributed by atoms with van der Waals surface area (Å²) >= 11 is 1.82. The molecule has 5 nitrogen and oxygen atoms in total. The molecule has 120 valence electrons. The van der Waals surface area contributed by atoms with Crippen LogP contribution in [0.25, 0.3) is 0 Å². The topological polar surface area (TPSA) is 43.9 Å². The van der Waals surface area contributed by atoms with Gasteiger partial charge in [-0.1, -0.05) is 0 Å². The maximum atomic E-state index is 12.7. The quantitative estimate of drug-likeness (QED) is 0.822. The van der Waals surface area contributed by atoms with Gasteiger partial charge in [0.1, 0.15) is 0 Å². The molecule has 0 spiro atoms. The maximum absolute atomic E-state index is 12.7. The van der Waals surface area contributed by atoms with E-state index in [2.05, 4.69) is 16.3 Å². The summed E-state index contributed by atoms with van der Waals surface area (Å²) in [7, 11) is 0. The van der Waals surface area contributed by atoms with Crippen molar-refractivity contribution in [1.29, 1.82) is 0 Å². The van der Waals surface area contributed by atoms with Crippen LogP contribution >= 0.6 is 11.3 Å². The van der Waals surface area contributed by atoms with Crippen LogP contribution in [-0.4, -0.2) is 65.3 Å². The van der Waals surface area contributed by atoms with Crippen LogP contribution in [0.4, 0.5) is 0 Å². The third-order valence-corrected chi connectivity index (χ3v) is 5.80. The monoisotopic (exact) mass is 321 g/mol. The number of hydrogen-bond donors (Lipinski definition) is 0. The van der Waals surface area contributed by atoms with Crippen LogP contribution in [0.3, 0.4) is 0 Å². The summed E-state index contributed by atoms with van der Waals surface area (Å²) in [5.74, 6) is 0.294. The third-order valence-electron chi connectivity index (χ3n) is 4.78. The highest BCUT2D eigenvalue weighted by Crippen LogP contribution is 2.25. The van der Waals surface area contributed by atoms with Gasteiger partial charge in [0.2, 0.25) is 11.8 Å². The molecular weight excluding hydrogens is 298 g/mol. The lowest BCUT2D eigenvalue weighted by atomic mass is 10.1. The highest BCUT2D eigenvalue weighted by Gasteiger charge is 2.30. The predicted molar refractivity (Wildman–Crippen MR) is 86.7 cm³/mol. The predicted octanol–water partition coefficient (Wildman–Crippen LogP) is 1.19. The Hall–Kier alpha value is -1.40. The Balaban J connectivity index is 1.58. The Kier molecular flexibility index (Phi) is 4.49. The molecule has 2 aliphatic heterocycles. The molecule has 1 aromatic heterocycles. The van der Waals surface area contributed by atoms with E-state index in [-0.39, 0.29) is 17.9 Å². The minimum absolute atomic E-state index is 0.0862. The van der Waals surface area contributed by atoms with Crippen molar-refractivity contribution < 1.29 is 9.59 Å². The second-order valence-electron chi connectivity index (χ2n) is 6.10. The Bertz CT molecular complexity index is 563. The average Bonchev–Trinajstić information content (AvgIpc) is 3.01. The van der Waals surface area contributed by atoms with Gasteiger partial charge in [0, 0.05) is 51.1 Å². The molecule has 3 rings (SSSR count). The number of rotatable bonds is 2. The molecule has 1 saturated heterocycles. The second-order valence-corrected chi connectivity index (χ2v) is 7.10. The zero-order valence-corrected chi connectivity index (χ0v) is 14.1. The average molecular weight is 321 g/mol. The second kappa shape index (κ2) is 6.38. The molecule has 0 N–H and O–H groups in total. The Morgan fingerprint density at radius 3 is 2.50 bits per heavy atom. The fraction of sp³-hybridized carbons (Fsp3) is 0.625. The smallest absolute Gasteiger partial charge is 0.239 e. The van der Waals surface area contributed by atoms with Crippen LogP contribution < -0.4 is 0 Å². The van der Waals surface area contributed by atoms with Gasteiger partial charge in [0.15, 0.2) is 0 Å². The highest BCUT2D eigenvalue weighted by atomic mass is 32.1. The van der Waals surface area contributed by atoms with Crippen molar-refractivity contribution in [3.8, 4) is 0 Å². The molecule has 0 saturated carbocycles. The van der Waals surface area contributed by atoms with E-state index in [1.165, 1.54) is 10.4 Å². The molecule has 2 aliphatic rings. The van der Waals surface area contributed by atoms with E-state index in [0.717, 1.165) is 19.5 Å². The van der Waals surface area contributed by atoms with Gasteiger partial charge < -0.3 is 9.80 Å². The maximum Gasteiger partial charge on any atom is 0.239 e. The van der Waals surface area contributed by atoms with Crippen molar-refractivity contribution in [3.63, 3.8) is 0 Å². The zero-order chi connectivity index (χ0) is 15.7. The standard InChI is InChI=1S/C16H23N3O2S/c1-12(19-5-3-15-14(11-19)4-10-22-15)16(21)18-8-6-17(7-9-18)13(2)20/h4,10,12H,3,5-9,11H2,1-2H3. The fourth-order valence-electron chi connectivity index (χ4n) is 3.26. The summed E-state index contributed by atoms with van der Waals surface area (Å²) in [6.07, 6.45) is 1.04. The van der Waals surface area contributed by atoms with Gasteiger partial charge in [-0.15, -0.1) is 11.3 Å². The normalized spacial score (nSPS) is 20.6. The zero-order valence-electron chi connectivity index (χ0n) is 13.2. The van der Waals surface area contributed by atoms with E-state index in [1.54, 1.807) is 6.92 Å². The molecule has 6 heteroatoms. The molecular formula is C16H23N3O2S. The number of amides is 2. The van der Waals surface area contributed by atoms with Gasteiger partial charge in [-0.05, 0) is 30.4 Å². The van der Waals surface area contributed by atoms with Crippen molar-refractivity contribution in [2.24, 2.45) is 0 Å². The van der Waals surface area contributed by atoms with Crippen LogP contribution in [0.5, 0.6) is 0 Å². The lowest BCUT2D eigenvalue weighted by Crippen LogP contribution is -2.55. The third kappa shape index (κ3) is 3.03. The SMILES string of the molecule is CC(=O)N1CCN(C(=O)C(C)N2CCc3sccc3C2)CC1. The van der Waals surface area contributed by atoms with Crippen molar-refractivity contribution in [2.45, 2.75) is 32.9 Å². The number of nitrogens with zero attached hydrogens (tertiary/aromatic N) is 3. The van der Waals surface area contributed by atoms with E-state index in [0.29, 0.717) is 26.2 Å². The molecule has 0 bridgehead atoms. The highest BCUT2D eigenvalue weighted by molar-refractivity contribution is 7.10. The Morgan fingerprint density at radius 1 is 1.14 bits per heavy atom. The molecule has 3 heterocycles. The summed E-state index contributed by atoms with van der Waals surface area (Å²) in [6.45, 7) is 8.04. The van der Waals surface area contributed by atoms with Crippen molar-refractivity contribution >= 4 is 23.2 Å².